The average molecular weight is 395 g/mol. The van der Waals surface area contributed by atoms with Gasteiger partial charge in [0.2, 0.25) is 0 Å². The minimum atomic E-state index is -0.243. The maximum absolute atomic E-state index is 6.18. The summed E-state index contributed by atoms with van der Waals surface area (Å²) in [7, 11) is 0. The maximum Gasteiger partial charge on any atom is 0.148 e. The summed E-state index contributed by atoms with van der Waals surface area (Å²) in [5.74, 6) is 0.553. The van der Waals surface area contributed by atoms with E-state index in [2.05, 4.69) is 15.9 Å². The van der Waals surface area contributed by atoms with Gasteiger partial charge < -0.3 is 10.5 Å². The van der Waals surface area contributed by atoms with E-state index < -0.39 is 0 Å². The molecule has 2 rings (SSSR count). The van der Waals surface area contributed by atoms with E-state index in [4.69, 9.17) is 33.7 Å². The van der Waals surface area contributed by atoms with Crippen LogP contribution in [0.3, 0.4) is 0 Å². The van der Waals surface area contributed by atoms with Crippen molar-refractivity contribution in [1.82, 2.24) is 0 Å². The highest BCUT2D eigenvalue weighted by molar-refractivity contribution is 9.10. The molecule has 1 heterocycles. The first-order valence-electron chi connectivity index (χ1n) is 6.12. The fourth-order valence-corrected chi connectivity index (χ4v) is 3.62. The van der Waals surface area contributed by atoms with Gasteiger partial charge in [0, 0.05) is 31.9 Å². The number of rotatable bonds is 5. The van der Waals surface area contributed by atoms with E-state index in [-0.39, 0.29) is 12.1 Å². The molecule has 0 aliphatic rings. The fraction of sp³-hybridized carbons (Fsp3) is 0.286. The molecule has 0 saturated carbocycles. The topological polar surface area (TPSA) is 35.2 Å². The minimum Gasteiger partial charge on any atom is -0.482 e. The van der Waals surface area contributed by atoms with Gasteiger partial charge in [-0.05, 0) is 40.5 Å². The third kappa shape index (κ3) is 3.89. The van der Waals surface area contributed by atoms with Crippen LogP contribution in [0.5, 0.6) is 5.75 Å². The highest BCUT2D eigenvalue weighted by Gasteiger charge is 2.23. The van der Waals surface area contributed by atoms with Gasteiger partial charge in [0.15, 0.2) is 0 Å². The van der Waals surface area contributed by atoms with Gasteiger partial charge >= 0.3 is 0 Å². The number of thiophene rings is 1. The molecule has 0 saturated heterocycles. The summed E-state index contributed by atoms with van der Waals surface area (Å²) in [4.78, 5) is 1.06. The third-order valence-corrected chi connectivity index (χ3v) is 5.18. The fourth-order valence-electron chi connectivity index (χ4n) is 1.75. The number of benzene rings is 1. The summed E-state index contributed by atoms with van der Waals surface area (Å²) >= 11 is 17.2. The van der Waals surface area contributed by atoms with Crippen LogP contribution in [-0.4, -0.2) is 6.04 Å². The van der Waals surface area contributed by atoms with Crippen LogP contribution in [0.25, 0.3) is 0 Å². The Balaban J connectivity index is 2.30. The molecule has 0 amide bonds. The Morgan fingerprint density at radius 2 is 2.10 bits per heavy atom. The summed E-state index contributed by atoms with van der Waals surface area (Å²) in [5, 5.41) is 3.12. The van der Waals surface area contributed by atoms with Gasteiger partial charge in [-0.15, -0.1) is 11.3 Å². The van der Waals surface area contributed by atoms with Gasteiger partial charge in [-0.2, -0.15) is 0 Å². The lowest BCUT2D eigenvalue weighted by Gasteiger charge is -2.24. The second-order valence-electron chi connectivity index (χ2n) is 4.35. The molecule has 0 aliphatic carbocycles. The molecule has 2 N–H and O–H groups in total. The first-order valence-corrected chi connectivity index (χ1v) is 8.55. The summed E-state index contributed by atoms with van der Waals surface area (Å²) in [6, 6.07) is 7.06. The van der Waals surface area contributed by atoms with E-state index in [0.29, 0.717) is 15.8 Å². The first kappa shape index (κ1) is 16.1. The van der Waals surface area contributed by atoms with Crippen LogP contribution in [0.4, 0.5) is 0 Å². The zero-order valence-corrected chi connectivity index (χ0v) is 14.7. The normalized spacial score (nSPS) is 14.1. The summed E-state index contributed by atoms with van der Waals surface area (Å²) in [6.45, 7) is 2.03. The molecule has 1 aromatic heterocycles. The average Bonchev–Trinajstić information content (AvgIpc) is 2.85. The zero-order chi connectivity index (χ0) is 14.7. The molecule has 2 aromatic rings. The SMILES string of the molecule is CCC(N)C(Oc1cc(Cl)ccc1Cl)c1cc(Br)cs1. The van der Waals surface area contributed by atoms with Crippen LogP contribution < -0.4 is 10.5 Å². The van der Waals surface area contributed by atoms with E-state index in [1.54, 1.807) is 29.5 Å². The van der Waals surface area contributed by atoms with Crippen LogP contribution in [0.15, 0.2) is 34.1 Å². The standard InChI is InChI=1S/C14H14BrCl2NOS/c1-2-11(18)14(13-5-8(15)7-20-13)19-12-6-9(16)3-4-10(12)17/h3-7,11,14H,2,18H2,1H3. The Labute approximate surface area is 141 Å². The van der Waals surface area contributed by atoms with Crippen molar-refractivity contribution in [2.24, 2.45) is 5.73 Å². The van der Waals surface area contributed by atoms with Crippen molar-refractivity contribution in [3.63, 3.8) is 0 Å². The van der Waals surface area contributed by atoms with Gasteiger partial charge in [-0.25, -0.2) is 0 Å². The molecule has 0 bridgehead atoms. The van der Waals surface area contributed by atoms with Crippen molar-refractivity contribution < 1.29 is 4.74 Å². The molecular formula is C14H14BrCl2NOS. The molecular weight excluding hydrogens is 381 g/mol. The van der Waals surface area contributed by atoms with Gasteiger partial charge in [-0.3, -0.25) is 0 Å². The van der Waals surface area contributed by atoms with Crippen molar-refractivity contribution in [3.05, 3.63) is 49.0 Å². The number of halogens is 3. The van der Waals surface area contributed by atoms with Crippen LogP contribution in [0.1, 0.15) is 24.3 Å². The molecule has 0 aliphatic heterocycles. The lowest BCUT2D eigenvalue weighted by Crippen LogP contribution is -2.31. The van der Waals surface area contributed by atoms with E-state index >= 15 is 0 Å². The molecule has 0 spiro atoms. The number of hydrogen-bond acceptors (Lipinski definition) is 3. The van der Waals surface area contributed by atoms with E-state index in [1.807, 2.05) is 18.4 Å². The lowest BCUT2D eigenvalue weighted by molar-refractivity contribution is 0.175. The minimum absolute atomic E-state index is 0.115. The van der Waals surface area contributed by atoms with Gasteiger partial charge in [-0.1, -0.05) is 30.1 Å². The van der Waals surface area contributed by atoms with E-state index in [9.17, 15) is 0 Å². The van der Waals surface area contributed by atoms with Gasteiger partial charge in [0.05, 0.1) is 5.02 Å². The van der Waals surface area contributed by atoms with Crippen molar-refractivity contribution in [2.45, 2.75) is 25.5 Å². The lowest BCUT2D eigenvalue weighted by atomic mass is 10.1. The molecule has 0 fully saturated rings. The zero-order valence-electron chi connectivity index (χ0n) is 10.8. The third-order valence-electron chi connectivity index (χ3n) is 2.88. The van der Waals surface area contributed by atoms with Gasteiger partial charge in [0.25, 0.3) is 0 Å². The monoisotopic (exact) mass is 393 g/mol. The van der Waals surface area contributed by atoms with Crippen LogP contribution in [0, 0.1) is 0 Å². The molecule has 108 valence electrons. The number of nitrogens with two attached hydrogens (primary N) is 1. The summed E-state index contributed by atoms with van der Waals surface area (Å²) < 4.78 is 7.05. The summed E-state index contributed by atoms with van der Waals surface area (Å²) in [6.07, 6.45) is 0.561. The smallest absolute Gasteiger partial charge is 0.148 e. The highest BCUT2D eigenvalue weighted by Crippen LogP contribution is 2.35. The quantitative estimate of drug-likeness (QED) is 0.708. The number of hydrogen-bond donors (Lipinski definition) is 1. The Hall–Kier alpha value is -0.260. The Morgan fingerprint density at radius 3 is 2.70 bits per heavy atom. The Morgan fingerprint density at radius 1 is 1.35 bits per heavy atom. The predicted molar refractivity (Wildman–Crippen MR) is 90.1 cm³/mol. The molecule has 6 heteroatoms. The van der Waals surface area contributed by atoms with Gasteiger partial charge in [0.1, 0.15) is 11.9 Å². The Kier molecular flexibility index (Phi) is 5.75. The largest absolute Gasteiger partial charge is 0.482 e. The molecule has 20 heavy (non-hydrogen) atoms. The van der Waals surface area contributed by atoms with Crippen LogP contribution >= 0.6 is 50.5 Å². The van der Waals surface area contributed by atoms with E-state index in [0.717, 1.165) is 15.8 Å². The van der Waals surface area contributed by atoms with E-state index in [1.165, 1.54) is 0 Å². The molecule has 0 radical (unpaired) electrons. The first-order chi connectivity index (χ1) is 9.51. The van der Waals surface area contributed by atoms with Crippen LogP contribution in [0.2, 0.25) is 10.0 Å². The van der Waals surface area contributed by atoms with Crippen molar-refractivity contribution in [1.29, 1.82) is 0 Å². The molecule has 2 atom stereocenters. The van der Waals surface area contributed by atoms with Crippen molar-refractivity contribution >= 4 is 50.5 Å². The second-order valence-corrected chi connectivity index (χ2v) is 7.05. The molecule has 1 aromatic carbocycles. The van der Waals surface area contributed by atoms with Crippen LogP contribution in [-0.2, 0) is 0 Å². The number of ether oxygens (including phenoxy) is 1. The maximum atomic E-state index is 6.18. The van der Waals surface area contributed by atoms with Crippen molar-refractivity contribution in [3.8, 4) is 5.75 Å². The molecule has 2 nitrogen and oxygen atoms in total. The highest BCUT2D eigenvalue weighted by atomic mass is 79.9. The second kappa shape index (κ2) is 7.14. The van der Waals surface area contributed by atoms with Crippen molar-refractivity contribution in [2.75, 3.05) is 0 Å². The molecule has 2 unspecified atom stereocenters. The Bertz CT molecular complexity index is 590. The summed E-state index contributed by atoms with van der Waals surface area (Å²) in [5.41, 5.74) is 6.18. The predicted octanol–water partition coefficient (Wildman–Crippen LogP) is 5.67.